The molecule has 1 aromatic carbocycles. The quantitative estimate of drug-likeness (QED) is 0.853. The van der Waals surface area contributed by atoms with Crippen molar-refractivity contribution < 1.29 is 14.3 Å². The van der Waals surface area contributed by atoms with E-state index in [1.807, 2.05) is 6.07 Å². The summed E-state index contributed by atoms with van der Waals surface area (Å²) in [4.78, 5) is 11.9. The number of ether oxygens (including phenoxy) is 2. The molecule has 1 aromatic rings. The summed E-state index contributed by atoms with van der Waals surface area (Å²) >= 11 is 0. The van der Waals surface area contributed by atoms with Crippen molar-refractivity contribution in [1.82, 2.24) is 5.32 Å². The molecule has 1 N–H and O–H groups in total. The number of amides is 1. The Bertz CT molecular complexity index is 452. The van der Waals surface area contributed by atoms with E-state index in [0.717, 1.165) is 0 Å². The lowest BCUT2D eigenvalue weighted by Gasteiger charge is -2.13. The number of para-hydroxylation sites is 1. The molecule has 5 heteroatoms. The fraction of sp³-hybridized carbons (Fsp3) is 0.333. The molecule has 0 heterocycles. The van der Waals surface area contributed by atoms with Crippen molar-refractivity contribution in [3.63, 3.8) is 0 Å². The Morgan fingerprint density at radius 1 is 1.41 bits per heavy atom. The van der Waals surface area contributed by atoms with Crippen LogP contribution in [0, 0.1) is 11.3 Å². The van der Waals surface area contributed by atoms with Gasteiger partial charge in [0.15, 0.2) is 11.5 Å². The molecule has 1 atom stereocenters. The predicted molar refractivity (Wildman–Crippen MR) is 62.1 cm³/mol. The summed E-state index contributed by atoms with van der Waals surface area (Å²) in [6.07, 6.45) is 0. The molecule has 0 aliphatic heterocycles. The maximum atomic E-state index is 11.9. The van der Waals surface area contributed by atoms with Crippen LogP contribution in [0.15, 0.2) is 18.2 Å². The summed E-state index contributed by atoms with van der Waals surface area (Å²) < 4.78 is 10.2. The van der Waals surface area contributed by atoms with Gasteiger partial charge >= 0.3 is 0 Å². The number of rotatable bonds is 4. The summed E-state index contributed by atoms with van der Waals surface area (Å²) in [6, 6.07) is 6.37. The van der Waals surface area contributed by atoms with Gasteiger partial charge in [0.1, 0.15) is 6.04 Å². The minimum atomic E-state index is -0.557. The van der Waals surface area contributed by atoms with Crippen LogP contribution in [0.25, 0.3) is 0 Å². The normalized spacial score (nSPS) is 11.2. The van der Waals surface area contributed by atoms with E-state index in [0.29, 0.717) is 17.1 Å². The Morgan fingerprint density at radius 3 is 2.65 bits per heavy atom. The lowest BCUT2D eigenvalue weighted by atomic mass is 10.1. The molecule has 5 nitrogen and oxygen atoms in total. The summed E-state index contributed by atoms with van der Waals surface area (Å²) in [6.45, 7) is 1.60. The molecule has 1 amide bonds. The molecular weight excluding hydrogens is 220 g/mol. The fourth-order valence-electron chi connectivity index (χ4n) is 1.37. The molecule has 0 spiro atoms. The van der Waals surface area contributed by atoms with E-state index in [2.05, 4.69) is 5.32 Å². The van der Waals surface area contributed by atoms with Gasteiger partial charge in [-0.05, 0) is 19.1 Å². The first-order chi connectivity index (χ1) is 8.13. The Balaban J connectivity index is 3.05. The van der Waals surface area contributed by atoms with Crippen molar-refractivity contribution in [2.24, 2.45) is 0 Å². The van der Waals surface area contributed by atoms with Gasteiger partial charge in [0, 0.05) is 0 Å². The van der Waals surface area contributed by atoms with Crippen LogP contribution < -0.4 is 14.8 Å². The number of methoxy groups -OCH3 is 2. The minimum Gasteiger partial charge on any atom is -0.493 e. The van der Waals surface area contributed by atoms with Gasteiger partial charge in [0.25, 0.3) is 5.91 Å². The summed E-state index contributed by atoms with van der Waals surface area (Å²) in [7, 11) is 2.96. The van der Waals surface area contributed by atoms with Crippen LogP contribution in [0.4, 0.5) is 0 Å². The number of carbonyl (C=O) groups is 1. The van der Waals surface area contributed by atoms with Gasteiger partial charge in [-0.3, -0.25) is 4.79 Å². The van der Waals surface area contributed by atoms with E-state index in [-0.39, 0.29) is 5.91 Å². The lowest BCUT2D eigenvalue weighted by Crippen LogP contribution is -2.31. The largest absolute Gasteiger partial charge is 0.493 e. The summed E-state index contributed by atoms with van der Waals surface area (Å²) in [5.41, 5.74) is 0.342. The van der Waals surface area contributed by atoms with Crippen molar-refractivity contribution >= 4 is 5.91 Å². The highest BCUT2D eigenvalue weighted by atomic mass is 16.5. The number of nitrogens with zero attached hydrogens (tertiary/aromatic N) is 1. The zero-order chi connectivity index (χ0) is 12.8. The molecule has 0 aliphatic rings. The van der Waals surface area contributed by atoms with Crippen LogP contribution in [-0.2, 0) is 0 Å². The molecule has 1 rings (SSSR count). The van der Waals surface area contributed by atoms with E-state index in [1.165, 1.54) is 14.2 Å². The average molecular weight is 234 g/mol. The predicted octanol–water partition coefficient (Wildman–Crippen LogP) is 1.35. The Morgan fingerprint density at radius 2 is 2.12 bits per heavy atom. The lowest BCUT2D eigenvalue weighted by molar-refractivity contribution is 0.0944. The van der Waals surface area contributed by atoms with E-state index >= 15 is 0 Å². The molecule has 0 bridgehead atoms. The van der Waals surface area contributed by atoms with E-state index < -0.39 is 6.04 Å². The van der Waals surface area contributed by atoms with Gasteiger partial charge in [-0.2, -0.15) is 5.26 Å². The third-order valence-corrected chi connectivity index (χ3v) is 2.19. The number of benzene rings is 1. The van der Waals surface area contributed by atoms with Crippen LogP contribution in [0.5, 0.6) is 11.5 Å². The van der Waals surface area contributed by atoms with Gasteiger partial charge in [0.05, 0.1) is 25.9 Å². The molecule has 1 unspecified atom stereocenters. The molecule has 17 heavy (non-hydrogen) atoms. The molecular formula is C12H14N2O3. The van der Waals surface area contributed by atoms with Crippen LogP contribution in [0.2, 0.25) is 0 Å². The standard InChI is InChI=1S/C12H14N2O3/c1-8(7-13)14-12(15)9-5-4-6-10(16-2)11(9)17-3/h4-6,8H,1-3H3,(H,14,15). The second-order valence-corrected chi connectivity index (χ2v) is 3.37. The molecule has 0 saturated heterocycles. The molecule has 0 fully saturated rings. The zero-order valence-electron chi connectivity index (χ0n) is 9.98. The molecule has 0 saturated carbocycles. The molecule has 0 radical (unpaired) electrons. The van der Waals surface area contributed by atoms with Crippen molar-refractivity contribution in [1.29, 1.82) is 5.26 Å². The van der Waals surface area contributed by atoms with Gasteiger partial charge in [-0.15, -0.1) is 0 Å². The van der Waals surface area contributed by atoms with Crippen LogP contribution in [0.1, 0.15) is 17.3 Å². The third-order valence-electron chi connectivity index (χ3n) is 2.19. The first-order valence-electron chi connectivity index (χ1n) is 5.05. The Hall–Kier alpha value is -2.22. The summed E-state index contributed by atoms with van der Waals surface area (Å²) in [5, 5.41) is 11.2. The van der Waals surface area contributed by atoms with Gasteiger partial charge in [0.2, 0.25) is 0 Å². The molecule has 90 valence electrons. The third kappa shape index (κ3) is 2.88. The van der Waals surface area contributed by atoms with Gasteiger partial charge in [-0.1, -0.05) is 6.07 Å². The zero-order valence-corrected chi connectivity index (χ0v) is 9.98. The smallest absolute Gasteiger partial charge is 0.256 e. The minimum absolute atomic E-state index is 0.342. The number of nitrogens with one attached hydrogen (secondary N) is 1. The van der Waals surface area contributed by atoms with E-state index in [4.69, 9.17) is 14.7 Å². The maximum absolute atomic E-state index is 11.9. The highest BCUT2D eigenvalue weighted by molar-refractivity contribution is 5.98. The molecule has 0 aliphatic carbocycles. The maximum Gasteiger partial charge on any atom is 0.256 e. The van der Waals surface area contributed by atoms with E-state index in [1.54, 1.807) is 25.1 Å². The number of carbonyl (C=O) groups excluding carboxylic acids is 1. The number of hydrogen-bond donors (Lipinski definition) is 1. The highest BCUT2D eigenvalue weighted by Crippen LogP contribution is 2.30. The van der Waals surface area contributed by atoms with Crippen molar-refractivity contribution in [2.75, 3.05) is 14.2 Å². The second kappa shape index (κ2) is 5.75. The summed E-state index contributed by atoms with van der Waals surface area (Å²) in [5.74, 6) is 0.470. The van der Waals surface area contributed by atoms with Crippen molar-refractivity contribution in [2.45, 2.75) is 13.0 Å². The van der Waals surface area contributed by atoms with Gasteiger partial charge < -0.3 is 14.8 Å². The van der Waals surface area contributed by atoms with Crippen LogP contribution in [-0.4, -0.2) is 26.2 Å². The number of nitriles is 1. The topological polar surface area (TPSA) is 71.3 Å². The van der Waals surface area contributed by atoms with Crippen molar-refractivity contribution in [3.8, 4) is 17.6 Å². The van der Waals surface area contributed by atoms with Gasteiger partial charge in [-0.25, -0.2) is 0 Å². The van der Waals surface area contributed by atoms with Crippen molar-refractivity contribution in [3.05, 3.63) is 23.8 Å². The Kier molecular flexibility index (Phi) is 4.35. The fourth-order valence-corrected chi connectivity index (χ4v) is 1.37. The van der Waals surface area contributed by atoms with Crippen LogP contribution in [0.3, 0.4) is 0 Å². The SMILES string of the molecule is COc1cccc(C(=O)NC(C)C#N)c1OC. The first kappa shape index (κ1) is 12.8. The Labute approximate surface area is 100.0 Å². The highest BCUT2D eigenvalue weighted by Gasteiger charge is 2.17. The monoisotopic (exact) mass is 234 g/mol. The first-order valence-corrected chi connectivity index (χ1v) is 5.05. The average Bonchev–Trinajstić information content (AvgIpc) is 2.37. The molecule has 0 aromatic heterocycles. The van der Waals surface area contributed by atoms with Crippen LogP contribution >= 0.6 is 0 Å². The number of hydrogen-bond acceptors (Lipinski definition) is 4. The second-order valence-electron chi connectivity index (χ2n) is 3.37. The van der Waals surface area contributed by atoms with E-state index in [9.17, 15) is 4.79 Å².